The fourth-order valence-electron chi connectivity index (χ4n) is 3.38. The maximum Gasteiger partial charge on any atom is 0.339 e. The molecule has 3 rings (SSSR count). The third-order valence-electron chi connectivity index (χ3n) is 5.06. The maximum absolute atomic E-state index is 13.0. The Labute approximate surface area is 240 Å². The zero-order chi connectivity index (χ0) is 28.5. The van der Waals surface area contributed by atoms with Crippen LogP contribution in [0.15, 0.2) is 47.9 Å². The second-order valence-corrected chi connectivity index (χ2v) is 9.82. The number of nitrogens with zero attached hydrogens (tertiary/aromatic N) is 1. The number of halogens is 2. The number of carbonyl (C=O) groups is 4. The van der Waals surface area contributed by atoms with Crippen LogP contribution in [0.4, 0.5) is 10.5 Å². The fraction of sp³-hybridized carbons (Fsp3) is 0.259. The van der Waals surface area contributed by atoms with Gasteiger partial charge in [0.1, 0.15) is 13.2 Å². The van der Waals surface area contributed by atoms with Crippen LogP contribution < -0.4 is 14.8 Å². The summed E-state index contributed by atoms with van der Waals surface area (Å²) in [6.45, 7) is 7.54. The van der Waals surface area contributed by atoms with E-state index in [0.717, 1.165) is 4.90 Å². The molecule has 0 aliphatic carbocycles. The summed E-state index contributed by atoms with van der Waals surface area (Å²) in [5, 5.41) is 2.38. The lowest BCUT2D eigenvalue weighted by atomic mass is 10.1. The Balaban J connectivity index is 1.73. The summed E-state index contributed by atoms with van der Waals surface area (Å²) in [6.07, 6.45) is 3.70. The highest BCUT2D eigenvalue weighted by molar-refractivity contribution is 8.18. The number of benzene rings is 2. The minimum Gasteiger partial charge on any atom is -0.490 e. The monoisotopic (exact) mass is 592 g/mol. The largest absolute Gasteiger partial charge is 0.490 e. The lowest BCUT2D eigenvalue weighted by Gasteiger charge is -2.14. The molecule has 0 spiro atoms. The molecule has 2 aromatic rings. The highest BCUT2D eigenvalue weighted by Crippen LogP contribution is 2.39. The third-order valence-corrected chi connectivity index (χ3v) is 6.58. The van der Waals surface area contributed by atoms with Crippen molar-refractivity contribution in [3.63, 3.8) is 0 Å². The van der Waals surface area contributed by atoms with E-state index in [9.17, 15) is 19.2 Å². The van der Waals surface area contributed by atoms with Crippen molar-refractivity contribution < 1.29 is 33.4 Å². The van der Waals surface area contributed by atoms with Gasteiger partial charge in [0.05, 0.1) is 33.7 Å². The van der Waals surface area contributed by atoms with Crippen molar-refractivity contribution in [2.75, 3.05) is 31.7 Å². The molecule has 1 heterocycles. The minimum atomic E-state index is -0.640. The molecule has 12 heteroatoms. The van der Waals surface area contributed by atoms with Crippen molar-refractivity contribution >= 4 is 69.8 Å². The van der Waals surface area contributed by atoms with E-state index >= 15 is 0 Å². The van der Waals surface area contributed by atoms with Crippen LogP contribution >= 0.6 is 35.0 Å². The molecule has 1 aliphatic rings. The van der Waals surface area contributed by atoms with E-state index in [-0.39, 0.29) is 39.4 Å². The van der Waals surface area contributed by atoms with Gasteiger partial charge in [-0.15, -0.1) is 0 Å². The molecule has 0 unspecified atom stereocenters. The quantitative estimate of drug-likeness (QED) is 0.176. The number of esters is 1. The zero-order valence-electron chi connectivity index (χ0n) is 21.3. The Morgan fingerprint density at radius 3 is 2.56 bits per heavy atom. The Bertz CT molecular complexity index is 1330. The van der Waals surface area contributed by atoms with Crippen LogP contribution in [0.2, 0.25) is 10.0 Å². The van der Waals surface area contributed by atoms with Crippen LogP contribution in [0, 0.1) is 0 Å². The average molecular weight is 593 g/mol. The van der Waals surface area contributed by atoms with Gasteiger partial charge in [-0.3, -0.25) is 19.3 Å². The zero-order valence-corrected chi connectivity index (χ0v) is 23.6. The molecule has 0 radical (unpaired) electrons. The van der Waals surface area contributed by atoms with Crippen LogP contribution in [0.5, 0.6) is 11.5 Å². The minimum absolute atomic E-state index is 0.0861. The summed E-state index contributed by atoms with van der Waals surface area (Å²) in [7, 11) is 0. The standard InChI is InChI=1S/C27H26Cl2N2O7S/c1-4-9-37-24-20(29)11-16(12-21(24)36-6-3)13-22-25(33)31(27(35)39-22)15-23(32)30-17-7-8-19(28)18(14-17)26(34)38-10-5-2/h4,7-8,11-14H,1,5-6,9-10,15H2,2-3H3,(H,30,32)/b22-13+. The number of carbonyl (C=O) groups excluding carboxylic acids is 4. The predicted molar refractivity (Wildman–Crippen MR) is 152 cm³/mol. The van der Waals surface area contributed by atoms with Gasteiger partial charge in [-0.1, -0.05) is 42.8 Å². The van der Waals surface area contributed by atoms with Crippen LogP contribution in [0.1, 0.15) is 36.2 Å². The van der Waals surface area contributed by atoms with E-state index in [0.29, 0.717) is 41.9 Å². The van der Waals surface area contributed by atoms with E-state index in [1.54, 1.807) is 25.1 Å². The Kier molecular flexibility index (Phi) is 10.8. The third kappa shape index (κ3) is 7.78. The number of thioether (sulfide) groups is 1. The van der Waals surface area contributed by atoms with Crippen molar-refractivity contribution in [2.24, 2.45) is 0 Å². The van der Waals surface area contributed by atoms with Crippen molar-refractivity contribution in [2.45, 2.75) is 20.3 Å². The smallest absolute Gasteiger partial charge is 0.339 e. The van der Waals surface area contributed by atoms with Crippen LogP contribution in [-0.2, 0) is 14.3 Å². The topological polar surface area (TPSA) is 111 Å². The molecule has 0 bridgehead atoms. The van der Waals surface area contributed by atoms with Gasteiger partial charge in [-0.2, -0.15) is 0 Å². The van der Waals surface area contributed by atoms with Gasteiger partial charge in [-0.25, -0.2) is 4.79 Å². The number of hydrogen-bond acceptors (Lipinski definition) is 8. The number of amides is 3. The van der Waals surface area contributed by atoms with Gasteiger partial charge in [0.25, 0.3) is 11.1 Å². The van der Waals surface area contributed by atoms with E-state index in [2.05, 4.69) is 11.9 Å². The summed E-state index contributed by atoms with van der Waals surface area (Å²) in [4.78, 5) is 51.3. The van der Waals surface area contributed by atoms with E-state index in [4.69, 9.17) is 37.4 Å². The van der Waals surface area contributed by atoms with E-state index < -0.39 is 29.6 Å². The molecular formula is C27H26Cl2N2O7S. The highest BCUT2D eigenvalue weighted by Gasteiger charge is 2.36. The molecule has 206 valence electrons. The first-order valence-corrected chi connectivity index (χ1v) is 13.5. The summed E-state index contributed by atoms with van der Waals surface area (Å²) in [5.74, 6) is -1.19. The lowest BCUT2D eigenvalue weighted by Crippen LogP contribution is -2.36. The first-order valence-electron chi connectivity index (χ1n) is 11.9. The molecule has 2 aromatic carbocycles. The second-order valence-electron chi connectivity index (χ2n) is 8.01. The Hall–Kier alpha value is -3.47. The molecule has 1 aliphatic heterocycles. The predicted octanol–water partition coefficient (Wildman–Crippen LogP) is 6.20. The van der Waals surface area contributed by atoms with Gasteiger partial charge >= 0.3 is 5.97 Å². The molecular weight excluding hydrogens is 567 g/mol. The highest BCUT2D eigenvalue weighted by atomic mass is 35.5. The number of ether oxygens (including phenoxy) is 3. The first kappa shape index (κ1) is 30.1. The molecule has 39 heavy (non-hydrogen) atoms. The second kappa shape index (κ2) is 14.1. The van der Waals surface area contributed by atoms with Gasteiger partial charge in [0, 0.05) is 5.69 Å². The summed E-state index contributed by atoms with van der Waals surface area (Å²) < 4.78 is 16.3. The Morgan fingerprint density at radius 1 is 1.10 bits per heavy atom. The lowest BCUT2D eigenvalue weighted by molar-refractivity contribution is -0.127. The number of rotatable bonds is 12. The van der Waals surface area contributed by atoms with E-state index in [1.807, 2.05) is 6.92 Å². The van der Waals surface area contributed by atoms with Gasteiger partial charge < -0.3 is 19.5 Å². The SMILES string of the molecule is C=CCOc1c(Cl)cc(/C=C2/SC(=O)N(CC(=O)Nc3ccc(Cl)c(C(=O)OCCC)c3)C2=O)cc1OCC. The summed E-state index contributed by atoms with van der Waals surface area (Å²) in [5.41, 5.74) is 0.850. The maximum atomic E-state index is 13.0. The number of hydrogen-bond donors (Lipinski definition) is 1. The molecule has 0 atom stereocenters. The molecule has 1 fully saturated rings. The van der Waals surface area contributed by atoms with Crippen LogP contribution in [0.3, 0.4) is 0 Å². The van der Waals surface area contributed by atoms with Crippen molar-refractivity contribution in [1.29, 1.82) is 0 Å². The van der Waals surface area contributed by atoms with Gasteiger partial charge in [0.2, 0.25) is 5.91 Å². The normalized spacial score (nSPS) is 13.9. The number of imide groups is 1. The molecule has 0 saturated carbocycles. The van der Waals surface area contributed by atoms with Crippen molar-refractivity contribution in [3.05, 3.63) is 69.1 Å². The first-order chi connectivity index (χ1) is 18.7. The van der Waals surface area contributed by atoms with Crippen molar-refractivity contribution in [3.8, 4) is 11.5 Å². The van der Waals surface area contributed by atoms with Gasteiger partial charge in [0.15, 0.2) is 11.5 Å². The summed E-state index contributed by atoms with van der Waals surface area (Å²) in [6, 6.07) is 7.52. The Morgan fingerprint density at radius 2 is 1.87 bits per heavy atom. The molecule has 1 saturated heterocycles. The molecule has 9 nitrogen and oxygen atoms in total. The molecule has 1 N–H and O–H groups in total. The van der Waals surface area contributed by atoms with E-state index in [1.165, 1.54) is 24.3 Å². The van der Waals surface area contributed by atoms with Gasteiger partial charge in [-0.05, 0) is 67.1 Å². The van der Waals surface area contributed by atoms with Crippen LogP contribution in [0.25, 0.3) is 6.08 Å². The molecule has 0 aromatic heterocycles. The number of nitrogens with one attached hydrogen (secondary N) is 1. The number of anilines is 1. The molecule has 3 amide bonds. The fourth-order valence-corrected chi connectivity index (χ4v) is 4.69. The summed E-state index contributed by atoms with van der Waals surface area (Å²) >= 11 is 13.1. The average Bonchev–Trinajstić information content (AvgIpc) is 3.15. The van der Waals surface area contributed by atoms with Crippen molar-refractivity contribution in [1.82, 2.24) is 4.90 Å². The van der Waals surface area contributed by atoms with Crippen LogP contribution in [-0.4, -0.2) is 54.3 Å².